The Balaban J connectivity index is 1.04. The maximum atomic E-state index is 5.25. The zero-order valence-electron chi connectivity index (χ0n) is 92.1. The molecule has 11 aromatic rings. The minimum atomic E-state index is -0.166. The normalized spacial score (nSPS) is 13.1. The lowest BCUT2D eigenvalue weighted by atomic mass is 9.69. The van der Waals surface area contributed by atoms with Crippen LogP contribution >= 0.6 is 34.4 Å². The summed E-state index contributed by atoms with van der Waals surface area (Å²) in [5, 5.41) is 5.88. The van der Waals surface area contributed by atoms with Crippen molar-refractivity contribution in [3.8, 4) is 75.8 Å². The minimum absolute atomic E-state index is 0.0431. The lowest BCUT2D eigenvalue weighted by Crippen LogP contribution is -2.25. The molecule has 0 fully saturated rings. The molecule has 0 spiro atoms. The van der Waals surface area contributed by atoms with Crippen LogP contribution in [0.25, 0.3) is 108 Å². The van der Waals surface area contributed by atoms with Crippen LogP contribution in [-0.2, 0) is 36.5 Å². The van der Waals surface area contributed by atoms with Gasteiger partial charge in [0.05, 0.1) is 11.7 Å². The highest BCUT2D eigenvalue weighted by Crippen LogP contribution is 2.60. The Morgan fingerprint density at radius 2 is 0.539 bits per heavy atom. The molecular weight excluding hydrogens is 1760 g/mol. The zero-order chi connectivity index (χ0) is 98.7. The summed E-state index contributed by atoms with van der Waals surface area (Å²) in [6.07, 6.45) is 88.9. The number of nitrogens with zero attached hydrogens (tertiary/aromatic N) is 2. The van der Waals surface area contributed by atoms with Crippen molar-refractivity contribution in [3.05, 3.63) is 188 Å². The molecule has 0 amide bonds. The summed E-state index contributed by atoms with van der Waals surface area (Å²) < 4.78 is 10.4. The number of fused-ring (bicyclic) bond motifs is 9. The fraction of sp³-hybridized carbons (Fsp3) is 0.618. The summed E-state index contributed by atoms with van der Waals surface area (Å²) in [5.74, 6) is 1.34. The first-order valence-corrected chi connectivity index (χ1v) is 62.8. The Labute approximate surface area is 875 Å². The smallest absolute Gasteiger partial charge is 0.114 e. The number of hydrogen-bond acceptors (Lipinski definition) is 5. The van der Waals surface area contributed by atoms with Crippen LogP contribution in [0.5, 0.6) is 0 Å². The first-order chi connectivity index (χ1) is 69.4. The number of aryl methyl sites for hydroxylation is 4. The van der Waals surface area contributed by atoms with Gasteiger partial charge in [0.1, 0.15) is 11.0 Å². The lowest BCUT2D eigenvalue weighted by molar-refractivity contribution is 0.398. The molecular formula is C136H196N2S3. The Morgan fingerprint density at radius 1 is 0.248 bits per heavy atom. The quantitative estimate of drug-likeness (QED) is 0.0280. The van der Waals surface area contributed by atoms with Crippen molar-refractivity contribution in [2.45, 2.75) is 531 Å². The van der Waals surface area contributed by atoms with Crippen LogP contribution in [0.3, 0.4) is 0 Å². The zero-order valence-corrected chi connectivity index (χ0v) is 94.5. The van der Waals surface area contributed by atoms with Crippen LogP contribution in [-0.4, -0.2) is 8.75 Å². The highest BCUT2D eigenvalue weighted by Gasteiger charge is 2.45. The average Bonchev–Trinajstić information content (AvgIpc) is 1.59. The minimum Gasteiger partial charge on any atom is -0.172 e. The van der Waals surface area contributed by atoms with Crippen molar-refractivity contribution in [2.24, 2.45) is 11.8 Å². The van der Waals surface area contributed by atoms with Crippen molar-refractivity contribution >= 4 is 67.0 Å². The fourth-order valence-corrected chi connectivity index (χ4v) is 28.7. The first-order valence-electron chi connectivity index (χ1n) is 60.5. The molecule has 2 aliphatic rings. The first kappa shape index (κ1) is 112. The van der Waals surface area contributed by atoms with E-state index >= 15 is 0 Å². The summed E-state index contributed by atoms with van der Waals surface area (Å²) in [6, 6.07) is 58.8. The topological polar surface area (TPSA) is 25.8 Å². The van der Waals surface area contributed by atoms with Crippen LogP contribution < -0.4 is 0 Å². The molecule has 0 radical (unpaired) electrons. The second-order valence-corrected chi connectivity index (χ2v) is 48.2. The Kier molecular flexibility index (Phi) is 48.1. The third-order valence-corrected chi connectivity index (χ3v) is 37.0. The van der Waals surface area contributed by atoms with Gasteiger partial charge in [-0.05, 0) is 236 Å². The highest BCUT2D eigenvalue weighted by atomic mass is 32.1. The molecule has 0 N–H and O–H groups in total. The third kappa shape index (κ3) is 30.6. The number of rotatable bonds is 75. The molecule has 0 aliphatic heterocycles. The van der Waals surface area contributed by atoms with Gasteiger partial charge in [0.15, 0.2) is 0 Å². The van der Waals surface area contributed by atoms with Crippen LogP contribution in [0.2, 0.25) is 0 Å². The van der Waals surface area contributed by atoms with Crippen LogP contribution in [0, 0.1) is 25.7 Å². The molecule has 3 heterocycles. The van der Waals surface area contributed by atoms with Crippen molar-refractivity contribution in [2.75, 3.05) is 0 Å². The standard InChI is InChI=1S/C136H196N2S3/c1-13-23-33-43-51-59-69-105(70-60-52-44-34-24-14-2)94-107-77-83-119-122(96-107)130(110-78-84-115-114-81-75-103(11)93-124(114)135(125(115)98-110,89-65-55-47-37-27-17-5)90-66-56-48-38-28-18-6)118-82-76-108(95-106(71-61-53-45-35-25-15-3)72-62-54-46-36-26-16-4)97-123(118)131(119)111-79-85-116-117-86-80-113(100-127(117)136(126(116)99-111,91-67-57-49-39-29-19-7)92-68-58-50-40-30-20-8)134-112(74-64-42-32-22-10)102-129(140-134)121-88-87-120(132-133(121)138-141-137-132)128-101-109(104(12)139-128)73-63-41-31-21-9/h75-88,93,96-102,105-106H,13-74,89-92,94-95H2,1-12H3. The van der Waals surface area contributed by atoms with Gasteiger partial charge >= 0.3 is 0 Å². The van der Waals surface area contributed by atoms with Gasteiger partial charge in [0, 0.05) is 41.5 Å². The number of benzene rings is 8. The molecule has 0 atom stereocenters. The Bertz CT molecular complexity index is 5410. The van der Waals surface area contributed by atoms with E-state index in [1.54, 1.807) is 33.4 Å². The maximum absolute atomic E-state index is 5.25. The van der Waals surface area contributed by atoms with E-state index in [1.165, 1.54) is 542 Å². The molecule has 5 heteroatoms. The van der Waals surface area contributed by atoms with E-state index in [0.717, 1.165) is 36.7 Å². The molecule has 0 saturated heterocycles. The van der Waals surface area contributed by atoms with Gasteiger partial charge in [-0.1, -0.05) is 550 Å². The van der Waals surface area contributed by atoms with Crippen LogP contribution in [0.4, 0.5) is 0 Å². The van der Waals surface area contributed by atoms with Gasteiger partial charge in [0.25, 0.3) is 0 Å². The van der Waals surface area contributed by atoms with E-state index in [4.69, 9.17) is 8.75 Å². The summed E-state index contributed by atoms with van der Waals surface area (Å²) in [5.41, 5.74) is 31.7. The fourth-order valence-electron chi connectivity index (χ4n) is 25.8. The molecule has 0 bridgehead atoms. The van der Waals surface area contributed by atoms with Crippen molar-refractivity contribution in [1.82, 2.24) is 8.75 Å². The highest BCUT2D eigenvalue weighted by molar-refractivity contribution is 7.19. The van der Waals surface area contributed by atoms with E-state index < -0.39 is 0 Å². The van der Waals surface area contributed by atoms with E-state index in [1.807, 2.05) is 22.7 Å². The SMILES string of the molecule is CCCCCCCCC(CCCCCCCC)Cc1ccc2c(-c3ccc4c(c3)C(CCCCCCCC)(CCCCCCCC)c3cc(-c5sc(-c6ccc(-c7cc(CCCCCC)c(C)s7)c7nsnc67)cc5CCCCCC)ccc3-4)c3cc(CC(CCCCCCCC)CCCCCCCC)ccc3c(-c3ccc4c(c3)C(CCCCCCCC)(CCCCCCCC)c3cc(C)ccc3-4)c2c1. The van der Waals surface area contributed by atoms with Crippen molar-refractivity contribution in [1.29, 1.82) is 0 Å². The summed E-state index contributed by atoms with van der Waals surface area (Å²) in [4.78, 5) is 5.59. The van der Waals surface area contributed by atoms with E-state index in [0.29, 0.717) is 11.8 Å². The van der Waals surface area contributed by atoms with E-state index in [9.17, 15) is 0 Å². The van der Waals surface area contributed by atoms with E-state index in [-0.39, 0.29) is 10.8 Å². The Morgan fingerprint density at radius 3 is 0.908 bits per heavy atom. The summed E-state index contributed by atoms with van der Waals surface area (Å²) in [6.45, 7) is 28.5. The average molecular weight is 1960 g/mol. The predicted octanol–water partition coefficient (Wildman–Crippen LogP) is 46.2. The summed E-state index contributed by atoms with van der Waals surface area (Å²) >= 11 is 5.40. The largest absolute Gasteiger partial charge is 0.172 e. The molecule has 2 aliphatic carbocycles. The molecule has 8 aromatic carbocycles. The van der Waals surface area contributed by atoms with Gasteiger partial charge in [-0.15, -0.1) is 22.7 Å². The third-order valence-electron chi connectivity index (χ3n) is 34.1. The van der Waals surface area contributed by atoms with Gasteiger partial charge in [-0.2, -0.15) is 8.75 Å². The van der Waals surface area contributed by atoms with E-state index in [2.05, 4.69) is 217 Å². The molecule has 2 nitrogen and oxygen atoms in total. The molecule has 0 unspecified atom stereocenters. The maximum Gasteiger partial charge on any atom is 0.114 e. The van der Waals surface area contributed by atoms with Crippen molar-refractivity contribution in [3.63, 3.8) is 0 Å². The second kappa shape index (κ2) is 60.7. The van der Waals surface area contributed by atoms with Gasteiger partial charge in [-0.25, -0.2) is 0 Å². The lowest BCUT2D eigenvalue weighted by Gasteiger charge is -2.34. The van der Waals surface area contributed by atoms with Crippen LogP contribution in [0.15, 0.2) is 133 Å². The number of hydrogen-bond donors (Lipinski definition) is 0. The Hall–Kier alpha value is -6.50. The summed E-state index contributed by atoms with van der Waals surface area (Å²) in [7, 11) is 0. The monoisotopic (exact) mass is 1950 g/mol. The number of aromatic nitrogens is 2. The molecule has 13 rings (SSSR count). The molecule has 0 saturated carbocycles. The number of unbranched alkanes of at least 4 members (excludes halogenated alkanes) is 46. The molecule has 768 valence electrons. The molecule has 3 aromatic heterocycles. The van der Waals surface area contributed by atoms with Crippen LogP contribution in [0.1, 0.15) is 535 Å². The van der Waals surface area contributed by atoms with Gasteiger partial charge < -0.3 is 0 Å². The van der Waals surface area contributed by atoms with Gasteiger partial charge in [-0.3, -0.25) is 0 Å². The second-order valence-electron chi connectivity index (χ2n) is 45.3. The van der Waals surface area contributed by atoms with Gasteiger partial charge in [0.2, 0.25) is 0 Å². The number of thiophene rings is 2. The molecule has 141 heavy (non-hydrogen) atoms. The predicted molar refractivity (Wildman–Crippen MR) is 631 cm³/mol. The van der Waals surface area contributed by atoms with Crippen molar-refractivity contribution < 1.29 is 0 Å².